The molecule has 1 aromatic carbocycles. The number of fused-ring (bicyclic) bond motifs is 1. The SMILES string of the molecule is CCNC(=NCC1(C)CCCCC1O)NCCCn1c(C)nc2ccccc21. The Hall–Kier alpha value is -2.08. The molecule has 0 aliphatic heterocycles. The van der Waals surface area contributed by atoms with Crippen molar-refractivity contribution in [2.24, 2.45) is 10.4 Å². The molecule has 2 aromatic rings. The van der Waals surface area contributed by atoms with Gasteiger partial charge in [-0.25, -0.2) is 4.98 Å². The minimum absolute atomic E-state index is 0.104. The summed E-state index contributed by atoms with van der Waals surface area (Å²) in [6.45, 7) is 9.57. The number of hydrogen-bond donors (Lipinski definition) is 3. The highest BCUT2D eigenvalue weighted by Crippen LogP contribution is 2.36. The van der Waals surface area contributed by atoms with E-state index >= 15 is 0 Å². The summed E-state index contributed by atoms with van der Waals surface area (Å²) in [4.78, 5) is 9.41. The van der Waals surface area contributed by atoms with Crippen LogP contribution in [0.4, 0.5) is 0 Å². The molecule has 2 atom stereocenters. The van der Waals surface area contributed by atoms with Gasteiger partial charge in [0.1, 0.15) is 5.82 Å². The molecule has 1 heterocycles. The van der Waals surface area contributed by atoms with E-state index in [1.165, 1.54) is 11.9 Å². The molecule has 2 unspecified atom stereocenters. The van der Waals surface area contributed by atoms with E-state index in [1.54, 1.807) is 0 Å². The van der Waals surface area contributed by atoms with Crippen molar-refractivity contribution >= 4 is 17.0 Å². The number of rotatable bonds is 7. The summed E-state index contributed by atoms with van der Waals surface area (Å²) in [6.07, 6.45) is 5.00. The standard InChI is InChI=1S/C22H35N5O/c1-4-23-21(25-16-22(3)13-8-7-12-20(22)28)24-14-9-15-27-17(2)26-18-10-5-6-11-19(18)27/h5-6,10-11,20,28H,4,7-9,12-16H2,1-3H3,(H2,23,24,25). The molecule has 1 aliphatic rings. The summed E-state index contributed by atoms with van der Waals surface area (Å²) < 4.78 is 2.28. The lowest BCUT2D eigenvalue weighted by molar-refractivity contribution is 0.00716. The van der Waals surface area contributed by atoms with Gasteiger partial charge in [0.25, 0.3) is 0 Å². The van der Waals surface area contributed by atoms with Gasteiger partial charge < -0.3 is 20.3 Å². The van der Waals surface area contributed by atoms with Gasteiger partial charge in [0, 0.05) is 25.0 Å². The fourth-order valence-electron chi connectivity index (χ4n) is 4.09. The van der Waals surface area contributed by atoms with Gasteiger partial charge in [-0.3, -0.25) is 4.99 Å². The van der Waals surface area contributed by atoms with Crippen LogP contribution in [0.1, 0.15) is 51.8 Å². The van der Waals surface area contributed by atoms with Crippen molar-refractivity contribution in [1.29, 1.82) is 0 Å². The van der Waals surface area contributed by atoms with E-state index in [2.05, 4.69) is 59.2 Å². The first-order chi connectivity index (χ1) is 13.5. The number of aliphatic imine (C=N–C) groups is 1. The highest BCUT2D eigenvalue weighted by atomic mass is 16.3. The molecule has 0 bridgehead atoms. The second-order valence-corrected chi connectivity index (χ2v) is 8.19. The van der Waals surface area contributed by atoms with Crippen LogP contribution in [0.5, 0.6) is 0 Å². The van der Waals surface area contributed by atoms with Crippen molar-refractivity contribution in [2.45, 2.75) is 65.5 Å². The van der Waals surface area contributed by atoms with Crippen molar-refractivity contribution in [3.05, 3.63) is 30.1 Å². The predicted octanol–water partition coefficient (Wildman–Crippen LogP) is 3.23. The molecule has 3 N–H and O–H groups in total. The lowest BCUT2D eigenvalue weighted by Crippen LogP contribution is -2.42. The van der Waals surface area contributed by atoms with E-state index in [0.29, 0.717) is 6.54 Å². The molecule has 1 aliphatic carbocycles. The van der Waals surface area contributed by atoms with Gasteiger partial charge in [-0.2, -0.15) is 0 Å². The Labute approximate surface area is 168 Å². The van der Waals surface area contributed by atoms with Gasteiger partial charge >= 0.3 is 0 Å². The largest absolute Gasteiger partial charge is 0.392 e. The van der Waals surface area contributed by atoms with E-state index < -0.39 is 0 Å². The third-order valence-electron chi connectivity index (χ3n) is 5.92. The van der Waals surface area contributed by atoms with E-state index in [0.717, 1.165) is 62.6 Å². The van der Waals surface area contributed by atoms with E-state index in [1.807, 2.05) is 6.07 Å². The van der Waals surface area contributed by atoms with E-state index in [4.69, 9.17) is 4.99 Å². The van der Waals surface area contributed by atoms with Gasteiger partial charge in [-0.05, 0) is 45.2 Å². The summed E-state index contributed by atoms with van der Waals surface area (Å²) in [5.41, 5.74) is 2.15. The Bertz CT molecular complexity index is 799. The summed E-state index contributed by atoms with van der Waals surface area (Å²) >= 11 is 0. The summed E-state index contributed by atoms with van der Waals surface area (Å²) in [5.74, 6) is 1.90. The molecule has 6 heteroatoms. The minimum atomic E-state index is -0.245. The summed E-state index contributed by atoms with van der Waals surface area (Å²) in [5, 5.41) is 17.2. The second-order valence-electron chi connectivity index (χ2n) is 8.19. The Morgan fingerprint density at radius 2 is 2.14 bits per heavy atom. The molecule has 0 amide bonds. The first-order valence-electron chi connectivity index (χ1n) is 10.7. The van der Waals surface area contributed by atoms with Crippen LogP contribution in [0.2, 0.25) is 0 Å². The van der Waals surface area contributed by atoms with E-state index in [9.17, 15) is 5.11 Å². The van der Waals surface area contributed by atoms with Gasteiger partial charge in [-0.15, -0.1) is 0 Å². The third-order valence-corrected chi connectivity index (χ3v) is 5.92. The van der Waals surface area contributed by atoms with Gasteiger partial charge in [0.15, 0.2) is 5.96 Å². The van der Waals surface area contributed by atoms with Gasteiger partial charge in [-0.1, -0.05) is 31.9 Å². The molecule has 0 saturated heterocycles. The normalized spacial score (nSPS) is 23.1. The zero-order valence-corrected chi connectivity index (χ0v) is 17.5. The van der Waals surface area contributed by atoms with Crippen molar-refractivity contribution in [1.82, 2.24) is 20.2 Å². The summed E-state index contributed by atoms with van der Waals surface area (Å²) in [7, 11) is 0. The number of aliphatic hydroxyl groups excluding tert-OH is 1. The number of aryl methyl sites for hydroxylation is 2. The molecule has 6 nitrogen and oxygen atoms in total. The Kier molecular flexibility index (Phi) is 6.94. The Balaban J connectivity index is 1.54. The zero-order valence-electron chi connectivity index (χ0n) is 17.5. The zero-order chi connectivity index (χ0) is 20.0. The number of nitrogens with zero attached hydrogens (tertiary/aromatic N) is 3. The van der Waals surface area contributed by atoms with Crippen LogP contribution in [0.3, 0.4) is 0 Å². The van der Waals surface area contributed by atoms with Crippen molar-refractivity contribution in [3.63, 3.8) is 0 Å². The molecule has 3 rings (SSSR count). The molecule has 1 saturated carbocycles. The highest BCUT2D eigenvalue weighted by Gasteiger charge is 2.35. The first-order valence-corrected chi connectivity index (χ1v) is 10.7. The lowest BCUT2D eigenvalue weighted by atomic mass is 9.73. The first kappa shape index (κ1) is 20.6. The van der Waals surface area contributed by atoms with Crippen molar-refractivity contribution in [3.8, 4) is 0 Å². The third kappa shape index (κ3) is 4.85. The van der Waals surface area contributed by atoms with Crippen molar-refractivity contribution < 1.29 is 5.11 Å². The smallest absolute Gasteiger partial charge is 0.191 e. The quantitative estimate of drug-likeness (QED) is 0.389. The number of imidazole rings is 1. The molecule has 0 radical (unpaired) electrons. The molecule has 1 aromatic heterocycles. The van der Waals surface area contributed by atoms with Crippen molar-refractivity contribution in [2.75, 3.05) is 19.6 Å². The Morgan fingerprint density at radius 1 is 1.32 bits per heavy atom. The fraction of sp³-hybridized carbons (Fsp3) is 0.636. The molecular formula is C22H35N5O. The topological polar surface area (TPSA) is 74.5 Å². The monoisotopic (exact) mass is 385 g/mol. The number of aromatic nitrogens is 2. The van der Waals surface area contributed by atoms with Crippen LogP contribution in [-0.4, -0.2) is 46.4 Å². The summed E-state index contributed by atoms with van der Waals surface area (Å²) in [6, 6.07) is 8.29. The molecule has 28 heavy (non-hydrogen) atoms. The highest BCUT2D eigenvalue weighted by molar-refractivity contribution is 5.79. The lowest BCUT2D eigenvalue weighted by Gasteiger charge is -2.37. The number of nitrogens with one attached hydrogen (secondary N) is 2. The van der Waals surface area contributed by atoms with Crippen LogP contribution in [-0.2, 0) is 6.54 Å². The molecule has 1 fully saturated rings. The van der Waals surface area contributed by atoms with Crippen LogP contribution in [0.25, 0.3) is 11.0 Å². The number of hydrogen-bond acceptors (Lipinski definition) is 3. The van der Waals surface area contributed by atoms with Crippen LogP contribution in [0.15, 0.2) is 29.3 Å². The molecule has 154 valence electrons. The van der Waals surface area contributed by atoms with Crippen LogP contribution >= 0.6 is 0 Å². The number of para-hydroxylation sites is 2. The van der Waals surface area contributed by atoms with E-state index in [-0.39, 0.29) is 11.5 Å². The fourth-order valence-corrected chi connectivity index (χ4v) is 4.09. The maximum absolute atomic E-state index is 10.4. The maximum atomic E-state index is 10.4. The second kappa shape index (κ2) is 9.41. The predicted molar refractivity (Wildman–Crippen MR) is 116 cm³/mol. The average molecular weight is 386 g/mol. The van der Waals surface area contributed by atoms with Crippen LogP contribution < -0.4 is 10.6 Å². The number of aliphatic hydroxyl groups is 1. The van der Waals surface area contributed by atoms with Gasteiger partial charge in [0.2, 0.25) is 0 Å². The molecule has 0 spiro atoms. The minimum Gasteiger partial charge on any atom is -0.392 e. The Morgan fingerprint density at radius 3 is 2.93 bits per heavy atom. The number of guanidine groups is 1. The number of benzene rings is 1. The van der Waals surface area contributed by atoms with Gasteiger partial charge in [0.05, 0.1) is 23.7 Å². The molecular weight excluding hydrogens is 350 g/mol. The maximum Gasteiger partial charge on any atom is 0.191 e. The van der Waals surface area contributed by atoms with Crippen LogP contribution in [0, 0.1) is 12.3 Å². The average Bonchev–Trinajstić information content (AvgIpc) is 3.01.